The Morgan fingerprint density at radius 1 is 1.08 bits per heavy atom. The summed E-state index contributed by atoms with van der Waals surface area (Å²) in [4.78, 5) is 14.2. The fraction of sp³-hybridized carbons (Fsp3) is 0.765. The third-order valence-corrected chi connectivity index (χ3v) is 5.33. The molecule has 4 rings (SSSR count). The number of nitrogens with zero attached hydrogens (tertiary/aromatic N) is 6. The highest BCUT2D eigenvalue weighted by Crippen LogP contribution is 2.28. The monoisotopic (exact) mass is 361 g/mol. The van der Waals surface area contributed by atoms with Crippen LogP contribution in [0.2, 0.25) is 0 Å². The van der Waals surface area contributed by atoms with Crippen molar-refractivity contribution in [2.45, 2.75) is 38.1 Å². The fourth-order valence-electron chi connectivity index (χ4n) is 3.94. The molecule has 2 aliphatic heterocycles. The van der Waals surface area contributed by atoms with Gasteiger partial charge >= 0.3 is 0 Å². The average molecular weight is 361 g/mol. The van der Waals surface area contributed by atoms with Crippen LogP contribution in [0.4, 0.5) is 11.6 Å². The summed E-state index contributed by atoms with van der Waals surface area (Å²) in [5, 5.41) is 11.1. The fourth-order valence-corrected chi connectivity index (χ4v) is 3.94. The van der Waals surface area contributed by atoms with Gasteiger partial charge in [0.05, 0.1) is 0 Å². The van der Waals surface area contributed by atoms with Crippen molar-refractivity contribution in [2.24, 2.45) is 0 Å². The van der Waals surface area contributed by atoms with E-state index < -0.39 is 0 Å². The first-order valence-corrected chi connectivity index (χ1v) is 9.57. The van der Waals surface area contributed by atoms with Crippen molar-refractivity contribution in [1.29, 1.82) is 0 Å². The van der Waals surface area contributed by atoms with Crippen LogP contribution in [0.5, 0.6) is 0 Å². The van der Waals surface area contributed by atoms with Crippen molar-refractivity contribution in [1.82, 2.24) is 25.2 Å². The van der Waals surface area contributed by atoms with Crippen LogP contribution >= 0.6 is 0 Å². The molecule has 2 fully saturated rings. The lowest BCUT2D eigenvalue weighted by molar-refractivity contribution is 0.197. The molecular formula is C17H27N7O2. The second-order valence-electron chi connectivity index (χ2n) is 7.04. The van der Waals surface area contributed by atoms with Crippen molar-refractivity contribution < 1.29 is 9.37 Å². The smallest absolute Gasteiger partial charge is 0.245 e. The lowest BCUT2D eigenvalue weighted by atomic mass is 10.0. The molecule has 0 bridgehead atoms. The Labute approximate surface area is 153 Å². The first-order valence-electron chi connectivity index (χ1n) is 9.57. The number of fused-ring (bicyclic) bond motifs is 1. The van der Waals surface area contributed by atoms with Gasteiger partial charge in [-0.3, -0.25) is 0 Å². The summed E-state index contributed by atoms with van der Waals surface area (Å²) in [5.41, 5.74) is 0.902. The molecule has 9 nitrogen and oxygen atoms in total. The van der Waals surface area contributed by atoms with Crippen molar-refractivity contribution >= 4 is 22.9 Å². The van der Waals surface area contributed by atoms with Crippen LogP contribution in [-0.2, 0) is 4.74 Å². The van der Waals surface area contributed by atoms with E-state index in [1.165, 1.54) is 38.8 Å². The number of methoxy groups -OCH3 is 1. The van der Waals surface area contributed by atoms with Gasteiger partial charge in [-0.15, -0.1) is 0 Å². The van der Waals surface area contributed by atoms with Gasteiger partial charge in [0.15, 0.2) is 11.6 Å². The topological polar surface area (TPSA) is 92.4 Å². The van der Waals surface area contributed by atoms with E-state index in [4.69, 9.17) is 9.37 Å². The number of rotatable bonds is 7. The number of aromatic nitrogens is 4. The predicted molar refractivity (Wildman–Crippen MR) is 98.4 cm³/mol. The Kier molecular flexibility index (Phi) is 5.45. The molecule has 4 heterocycles. The number of hydrogen-bond donors (Lipinski definition) is 1. The normalized spacial score (nSPS) is 19.5. The molecule has 2 aromatic rings. The maximum atomic E-state index is 5.12. The Morgan fingerprint density at radius 3 is 2.54 bits per heavy atom. The molecule has 1 N–H and O–H groups in total. The van der Waals surface area contributed by atoms with Crippen LogP contribution < -0.4 is 10.2 Å². The number of piperidine rings is 1. The molecule has 2 saturated heterocycles. The molecule has 9 heteroatoms. The van der Waals surface area contributed by atoms with E-state index >= 15 is 0 Å². The summed E-state index contributed by atoms with van der Waals surface area (Å²) < 4.78 is 9.91. The van der Waals surface area contributed by atoms with Gasteiger partial charge in [-0.25, -0.2) is 14.6 Å². The summed E-state index contributed by atoms with van der Waals surface area (Å²) >= 11 is 0. The van der Waals surface area contributed by atoms with Gasteiger partial charge in [-0.1, -0.05) is 0 Å². The lowest BCUT2D eigenvalue weighted by Crippen LogP contribution is -2.44. The predicted octanol–water partition coefficient (Wildman–Crippen LogP) is 1.53. The van der Waals surface area contributed by atoms with E-state index in [1.807, 2.05) is 0 Å². The first-order chi connectivity index (χ1) is 12.8. The first kappa shape index (κ1) is 17.4. The number of hydrogen-bond acceptors (Lipinski definition) is 9. The summed E-state index contributed by atoms with van der Waals surface area (Å²) in [5.74, 6) is 1.61. The number of ether oxygens (including phenoxy) is 1. The molecule has 0 saturated carbocycles. The van der Waals surface area contributed by atoms with Gasteiger partial charge in [0.2, 0.25) is 11.3 Å². The zero-order valence-corrected chi connectivity index (χ0v) is 15.4. The van der Waals surface area contributed by atoms with Crippen LogP contribution in [-0.4, -0.2) is 77.7 Å². The summed E-state index contributed by atoms with van der Waals surface area (Å²) in [6.45, 7) is 5.97. The van der Waals surface area contributed by atoms with Crippen molar-refractivity contribution in [3.63, 3.8) is 0 Å². The molecule has 0 amide bonds. The molecule has 0 unspecified atom stereocenters. The maximum absolute atomic E-state index is 5.12. The van der Waals surface area contributed by atoms with Crippen molar-refractivity contribution in [3.05, 3.63) is 0 Å². The Hall–Kier alpha value is -2.00. The molecule has 2 aromatic heterocycles. The van der Waals surface area contributed by atoms with Crippen LogP contribution in [0, 0.1) is 0 Å². The molecule has 142 valence electrons. The molecule has 26 heavy (non-hydrogen) atoms. The van der Waals surface area contributed by atoms with Crippen molar-refractivity contribution in [3.8, 4) is 0 Å². The van der Waals surface area contributed by atoms with Gasteiger partial charge in [0.25, 0.3) is 0 Å². The van der Waals surface area contributed by atoms with Gasteiger partial charge in [0, 0.05) is 39.4 Å². The second-order valence-corrected chi connectivity index (χ2v) is 7.04. The largest absolute Gasteiger partial charge is 0.385 e. The van der Waals surface area contributed by atoms with Crippen LogP contribution in [0.1, 0.15) is 32.1 Å². The maximum Gasteiger partial charge on any atom is 0.245 e. The van der Waals surface area contributed by atoms with Crippen molar-refractivity contribution in [2.75, 3.05) is 56.7 Å². The van der Waals surface area contributed by atoms with E-state index in [1.54, 1.807) is 7.11 Å². The zero-order chi connectivity index (χ0) is 17.8. The van der Waals surface area contributed by atoms with Gasteiger partial charge < -0.3 is 19.9 Å². The number of nitrogens with one attached hydrogen (secondary N) is 1. The second kappa shape index (κ2) is 8.13. The molecule has 2 aliphatic rings. The average Bonchev–Trinajstić information content (AvgIpc) is 3.36. The molecular weight excluding hydrogens is 334 g/mol. The molecule has 0 atom stereocenters. The van der Waals surface area contributed by atoms with Gasteiger partial charge in [0.1, 0.15) is 0 Å². The highest BCUT2D eigenvalue weighted by atomic mass is 16.6. The molecule has 0 radical (unpaired) electrons. The Morgan fingerprint density at radius 2 is 1.81 bits per heavy atom. The lowest BCUT2D eigenvalue weighted by Gasteiger charge is -2.37. The van der Waals surface area contributed by atoms with E-state index in [2.05, 4.69) is 35.4 Å². The SMILES string of the molecule is COCCCNc1nc2nonc2nc1N1CCC(N2CCCC2)CC1. The summed E-state index contributed by atoms with van der Waals surface area (Å²) in [7, 11) is 1.71. The summed E-state index contributed by atoms with van der Waals surface area (Å²) in [6.07, 6.45) is 5.93. The number of likely N-dealkylation sites (tertiary alicyclic amines) is 1. The highest BCUT2D eigenvalue weighted by molar-refractivity contribution is 5.74. The van der Waals surface area contributed by atoms with Gasteiger partial charge in [-0.2, -0.15) is 0 Å². The van der Waals surface area contributed by atoms with Gasteiger partial charge in [-0.05, 0) is 55.5 Å². The standard InChI is InChI=1S/C17H27N7O2/c1-25-12-4-7-18-16-17(20-15-14(19-16)21-26-22-15)24-10-5-13(6-11-24)23-8-2-3-9-23/h13H,2-12H2,1H3,(H,18,19,21). The minimum Gasteiger partial charge on any atom is -0.385 e. The Balaban J connectivity index is 1.47. The molecule has 0 aromatic carbocycles. The third-order valence-electron chi connectivity index (χ3n) is 5.33. The minimum absolute atomic E-state index is 0.440. The van der Waals surface area contributed by atoms with E-state index in [9.17, 15) is 0 Å². The molecule has 0 spiro atoms. The quantitative estimate of drug-likeness (QED) is 0.737. The Bertz CT molecular complexity index is 708. The van der Waals surface area contributed by atoms with Crippen LogP contribution in [0.3, 0.4) is 0 Å². The van der Waals surface area contributed by atoms with E-state index in [0.717, 1.165) is 37.7 Å². The zero-order valence-electron chi connectivity index (χ0n) is 15.4. The van der Waals surface area contributed by atoms with Crippen LogP contribution in [0.15, 0.2) is 4.63 Å². The minimum atomic E-state index is 0.440. The number of anilines is 2. The van der Waals surface area contributed by atoms with Crippen LogP contribution in [0.25, 0.3) is 11.3 Å². The highest BCUT2D eigenvalue weighted by Gasteiger charge is 2.28. The summed E-state index contributed by atoms with van der Waals surface area (Å²) in [6, 6.07) is 0.706. The van der Waals surface area contributed by atoms with E-state index in [-0.39, 0.29) is 0 Å². The molecule has 0 aliphatic carbocycles. The third kappa shape index (κ3) is 3.73. The van der Waals surface area contributed by atoms with E-state index in [0.29, 0.717) is 23.9 Å².